The van der Waals surface area contributed by atoms with Crippen molar-refractivity contribution in [1.82, 2.24) is 9.97 Å². The van der Waals surface area contributed by atoms with Gasteiger partial charge < -0.3 is 4.98 Å². The molecule has 0 aliphatic heterocycles. The fraction of sp³-hybridized carbons (Fsp3) is 0.111. The molecular formula is C18H16N2O3S. The molecule has 24 heavy (non-hydrogen) atoms. The van der Waals surface area contributed by atoms with Crippen LogP contribution >= 0.6 is 0 Å². The van der Waals surface area contributed by atoms with Gasteiger partial charge in [-0.3, -0.25) is 9.78 Å². The molecule has 0 saturated heterocycles. The summed E-state index contributed by atoms with van der Waals surface area (Å²) in [6, 6.07) is 13.5. The molecule has 3 aromatic rings. The monoisotopic (exact) mass is 340 g/mol. The summed E-state index contributed by atoms with van der Waals surface area (Å²) in [4.78, 5) is 19.1. The number of sulfone groups is 1. The van der Waals surface area contributed by atoms with Crippen molar-refractivity contribution in [3.8, 4) is 22.4 Å². The van der Waals surface area contributed by atoms with E-state index in [1.807, 2.05) is 19.1 Å². The smallest absolute Gasteiger partial charge is 0.248 e. The highest BCUT2D eigenvalue weighted by Gasteiger charge is 2.11. The molecule has 6 heteroatoms. The van der Waals surface area contributed by atoms with Crippen LogP contribution in [0.5, 0.6) is 0 Å². The van der Waals surface area contributed by atoms with Gasteiger partial charge in [-0.1, -0.05) is 12.1 Å². The molecule has 122 valence electrons. The summed E-state index contributed by atoms with van der Waals surface area (Å²) in [6.07, 6.45) is 2.88. The number of nitrogens with one attached hydrogen (secondary N) is 1. The Balaban J connectivity index is 2.15. The first-order valence-corrected chi connectivity index (χ1v) is 9.20. The number of pyridine rings is 2. The number of nitrogens with zero attached hydrogens (tertiary/aromatic N) is 1. The van der Waals surface area contributed by atoms with Crippen LogP contribution in [-0.4, -0.2) is 24.6 Å². The summed E-state index contributed by atoms with van der Waals surface area (Å²) in [5.41, 5.74) is 3.75. The van der Waals surface area contributed by atoms with Crippen molar-refractivity contribution in [2.24, 2.45) is 0 Å². The van der Waals surface area contributed by atoms with Crippen molar-refractivity contribution in [1.29, 1.82) is 0 Å². The van der Waals surface area contributed by atoms with Crippen LogP contribution in [0.3, 0.4) is 0 Å². The molecular weight excluding hydrogens is 324 g/mol. The van der Waals surface area contributed by atoms with Crippen LogP contribution in [0, 0.1) is 6.92 Å². The minimum Gasteiger partial charge on any atom is -0.321 e. The van der Waals surface area contributed by atoms with Crippen molar-refractivity contribution in [2.45, 2.75) is 11.8 Å². The number of benzene rings is 1. The predicted octanol–water partition coefficient (Wildman–Crippen LogP) is 2.82. The number of aromatic amines is 1. The molecule has 0 fully saturated rings. The summed E-state index contributed by atoms with van der Waals surface area (Å²) in [5.74, 6) is 0. The molecule has 0 atom stereocenters. The fourth-order valence-electron chi connectivity index (χ4n) is 2.44. The number of aromatic nitrogens is 2. The summed E-state index contributed by atoms with van der Waals surface area (Å²) in [7, 11) is -3.24. The van der Waals surface area contributed by atoms with E-state index in [1.54, 1.807) is 36.5 Å². The summed E-state index contributed by atoms with van der Waals surface area (Å²) in [6.45, 7) is 1.89. The molecule has 0 aliphatic rings. The molecule has 0 aliphatic carbocycles. The average Bonchev–Trinajstić information content (AvgIpc) is 2.55. The van der Waals surface area contributed by atoms with E-state index in [4.69, 9.17) is 0 Å². The largest absolute Gasteiger partial charge is 0.321 e. The van der Waals surface area contributed by atoms with Crippen LogP contribution in [0.2, 0.25) is 0 Å². The number of hydrogen-bond acceptors (Lipinski definition) is 4. The first-order valence-electron chi connectivity index (χ1n) is 7.31. The van der Waals surface area contributed by atoms with E-state index in [-0.39, 0.29) is 10.5 Å². The SMILES string of the molecule is Cc1ccc(-c2[nH]c(=O)ccc2-c2ccc(S(C)(=O)=O)cc2)cn1. The van der Waals surface area contributed by atoms with Crippen LogP contribution in [-0.2, 0) is 9.84 Å². The van der Waals surface area contributed by atoms with Gasteiger partial charge in [0.25, 0.3) is 0 Å². The van der Waals surface area contributed by atoms with E-state index in [2.05, 4.69) is 9.97 Å². The van der Waals surface area contributed by atoms with Crippen molar-refractivity contribution < 1.29 is 8.42 Å². The van der Waals surface area contributed by atoms with Gasteiger partial charge in [0, 0.05) is 35.3 Å². The number of hydrogen-bond donors (Lipinski definition) is 1. The molecule has 0 unspecified atom stereocenters. The second-order valence-electron chi connectivity index (χ2n) is 5.60. The Kier molecular flexibility index (Phi) is 4.07. The van der Waals surface area contributed by atoms with Gasteiger partial charge in [0.1, 0.15) is 0 Å². The lowest BCUT2D eigenvalue weighted by Gasteiger charge is -2.10. The summed E-state index contributed by atoms with van der Waals surface area (Å²) in [5, 5.41) is 0. The van der Waals surface area contributed by atoms with E-state index >= 15 is 0 Å². The zero-order valence-electron chi connectivity index (χ0n) is 13.3. The van der Waals surface area contributed by atoms with Gasteiger partial charge in [-0.25, -0.2) is 8.42 Å². The molecule has 2 aromatic heterocycles. The minimum absolute atomic E-state index is 0.206. The topological polar surface area (TPSA) is 79.9 Å². The van der Waals surface area contributed by atoms with Gasteiger partial charge in [0.2, 0.25) is 5.56 Å². The lowest BCUT2D eigenvalue weighted by Crippen LogP contribution is -2.06. The maximum atomic E-state index is 11.7. The molecule has 0 radical (unpaired) electrons. The lowest BCUT2D eigenvalue weighted by atomic mass is 10.0. The minimum atomic E-state index is -3.24. The van der Waals surface area contributed by atoms with Crippen LogP contribution in [0.15, 0.2) is 64.4 Å². The third-order valence-electron chi connectivity index (χ3n) is 3.71. The highest BCUT2D eigenvalue weighted by molar-refractivity contribution is 7.90. The van der Waals surface area contributed by atoms with Gasteiger partial charge in [0.05, 0.1) is 10.6 Å². The van der Waals surface area contributed by atoms with Crippen molar-refractivity contribution in [3.63, 3.8) is 0 Å². The Hall–Kier alpha value is -2.73. The summed E-state index contributed by atoms with van der Waals surface area (Å²) >= 11 is 0. The third kappa shape index (κ3) is 3.28. The maximum Gasteiger partial charge on any atom is 0.248 e. The van der Waals surface area contributed by atoms with Gasteiger partial charge in [-0.05, 0) is 42.8 Å². The van der Waals surface area contributed by atoms with E-state index in [0.29, 0.717) is 5.69 Å². The fourth-order valence-corrected chi connectivity index (χ4v) is 3.07. The molecule has 5 nitrogen and oxygen atoms in total. The van der Waals surface area contributed by atoms with Gasteiger partial charge in [-0.2, -0.15) is 0 Å². The van der Waals surface area contributed by atoms with Crippen molar-refractivity contribution in [3.05, 3.63) is 70.8 Å². The first-order chi connectivity index (χ1) is 11.3. The molecule has 0 amide bonds. The second-order valence-corrected chi connectivity index (χ2v) is 7.61. The first kappa shape index (κ1) is 16.1. The zero-order valence-corrected chi connectivity index (χ0v) is 14.1. The van der Waals surface area contributed by atoms with E-state index in [9.17, 15) is 13.2 Å². The lowest BCUT2D eigenvalue weighted by molar-refractivity contribution is 0.602. The van der Waals surface area contributed by atoms with Crippen LogP contribution < -0.4 is 5.56 Å². The Morgan fingerprint density at radius 2 is 1.58 bits per heavy atom. The number of H-pyrrole nitrogens is 1. The Bertz CT molecular complexity index is 1030. The Morgan fingerprint density at radius 3 is 2.17 bits per heavy atom. The molecule has 0 saturated carbocycles. The zero-order chi connectivity index (χ0) is 17.3. The highest BCUT2D eigenvalue weighted by Crippen LogP contribution is 2.29. The second kappa shape index (κ2) is 6.05. The molecule has 0 bridgehead atoms. The standard InChI is InChI=1S/C18H16N2O3S/c1-12-3-4-14(11-19-12)18-16(9-10-17(21)20-18)13-5-7-15(8-6-13)24(2,22)23/h3-11H,1-2H3,(H,20,21). The molecule has 1 N–H and O–H groups in total. The van der Waals surface area contributed by atoms with Crippen LogP contribution in [0.4, 0.5) is 0 Å². The molecule has 0 spiro atoms. The van der Waals surface area contributed by atoms with Crippen molar-refractivity contribution in [2.75, 3.05) is 6.26 Å². The van der Waals surface area contributed by atoms with Crippen LogP contribution in [0.25, 0.3) is 22.4 Å². The molecule has 2 heterocycles. The highest BCUT2D eigenvalue weighted by atomic mass is 32.2. The van der Waals surface area contributed by atoms with E-state index < -0.39 is 9.84 Å². The molecule has 1 aromatic carbocycles. The Morgan fingerprint density at radius 1 is 0.917 bits per heavy atom. The van der Waals surface area contributed by atoms with Gasteiger partial charge in [0.15, 0.2) is 9.84 Å². The van der Waals surface area contributed by atoms with Crippen LogP contribution in [0.1, 0.15) is 5.69 Å². The van der Waals surface area contributed by atoms with E-state index in [1.165, 1.54) is 12.3 Å². The van der Waals surface area contributed by atoms with E-state index in [0.717, 1.165) is 22.4 Å². The normalized spacial score (nSPS) is 11.4. The quantitative estimate of drug-likeness (QED) is 0.795. The van der Waals surface area contributed by atoms with Gasteiger partial charge in [-0.15, -0.1) is 0 Å². The average molecular weight is 340 g/mol. The third-order valence-corrected chi connectivity index (χ3v) is 4.84. The predicted molar refractivity (Wildman–Crippen MR) is 93.6 cm³/mol. The summed E-state index contributed by atoms with van der Waals surface area (Å²) < 4.78 is 23.2. The maximum absolute atomic E-state index is 11.7. The number of aryl methyl sites for hydroxylation is 1. The Labute approximate surface area is 140 Å². The van der Waals surface area contributed by atoms with Crippen molar-refractivity contribution >= 4 is 9.84 Å². The van der Waals surface area contributed by atoms with Gasteiger partial charge >= 0.3 is 0 Å². The molecule has 3 rings (SSSR count). The number of rotatable bonds is 3.